The lowest BCUT2D eigenvalue weighted by atomic mass is 10.2. The molecule has 1 fully saturated rings. The number of nitrogens with zero attached hydrogens (tertiary/aromatic N) is 1. The molecule has 0 aliphatic carbocycles. The molecule has 2 amide bonds. The zero-order chi connectivity index (χ0) is 17.0. The van der Waals surface area contributed by atoms with Crippen molar-refractivity contribution < 1.29 is 23.5 Å². The fraction of sp³-hybridized carbons (Fsp3) is 0.533. The fourth-order valence-electron chi connectivity index (χ4n) is 2.32. The number of nitrogens with one attached hydrogen (secondary N) is 1. The summed E-state index contributed by atoms with van der Waals surface area (Å²) in [6, 6.07) is 2.74. The minimum Gasteiger partial charge on any atom is -0.466 e. The SMILES string of the molecule is CC(=O)N1[C@@H](c2ccco2)SC[C@H]1C(=O)OCC(=O)NC(C)C. The average molecular weight is 340 g/mol. The largest absolute Gasteiger partial charge is 0.466 e. The molecular weight excluding hydrogens is 320 g/mol. The van der Waals surface area contributed by atoms with Gasteiger partial charge in [-0.25, -0.2) is 4.79 Å². The highest BCUT2D eigenvalue weighted by molar-refractivity contribution is 7.99. The van der Waals surface area contributed by atoms with Gasteiger partial charge in [0.25, 0.3) is 5.91 Å². The third-order valence-electron chi connectivity index (χ3n) is 3.22. The van der Waals surface area contributed by atoms with E-state index in [0.29, 0.717) is 11.5 Å². The summed E-state index contributed by atoms with van der Waals surface area (Å²) in [5.41, 5.74) is 0. The molecule has 1 aliphatic rings. The van der Waals surface area contributed by atoms with Crippen molar-refractivity contribution in [1.82, 2.24) is 10.2 Å². The normalized spacial score (nSPS) is 20.6. The quantitative estimate of drug-likeness (QED) is 0.813. The summed E-state index contributed by atoms with van der Waals surface area (Å²) < 4.78 is 10.4. The first-order valence-corrected chi connectivity index (χ1v) is 8.35. The van der Waals surface area contributed by atoms with Crippen molar-refractivity contribution in [2.75, 3.05) is 12.4 Å². The molecule has 2 heterocycles. The summed E-state index contributed by atoms with van der Waals surface area (Å²) in [6.45, 7) is 4.68. The molecule has 0 saturated carbocycles. The second-order valence-electron chi connectivity index (χ2n) is 5.47. The van der Waals surface area contributed by atoms with Crippen molar-refractivity contribution in [2.45, 2.75) is 38.2 Å². The van der Waals surface area contributed by atoms with E-state index in [1.54, 1.807) is 12.1 Å². The Labute approximate surface area is 138 Å². The van der Waals surface area contributed by atoms with Crippen LogP contribution in [0.1, 0.15) is 31.9 Å². The van der Waals surface area contributed by atoms with E-state index in [9.17, 15) is 14.4 Å². The van der Waals surface area contributed by atoms with Crippen LogP contribution in [0.2, 0.25) is 0 Å². The van der Waals surface area contributed by atoms with E-state index in [0.717, 1.165) is 0 Å². The molecule has 126 valence electrons. The van der Waals surface area contributed by atoms with E-state index in [1.807, 2.05) is 13.8 Å². The van der Waals surface area contributed by atoms with Crippen molar-refractivity contribution in [1.29, 1.82) is 0 Å². The number of thioether (sulfide) groups is 1. The molecule has 0 unspecified atom stereocenters. The maximum absolute atomic E-state index is 12.2. The Bertz CT molecular complexity index is 572. The van der Waals surface area contributed by atoms with Crippen molar-refractivity contribution in [3.05, 3.63) is 24.2 Å². The van der Waals surface area contributed by atoms with E-state index >= 15 is 0 Å². The summed E-state index contributed by atoms with van der Waals surface area (Å²) in [4.78, 5) is 37.1. The van der Waals surface area contributed by atoms with Gasteiger partial charge in [-0.2, -0.15) is 0 Å². The van der Waals surface area contributed by atoms with Crippen molar-refractivity contribution >= 4 is 29.5 Å². The van der Waals surface area contributed by atoms with Gasteiger partial charge in [0.15, 0.2) is 6.61 Å². The molecule has 1 saturated heterocycles. The van der Waals surface area contributed by atoms with Crippen molar-refractivity contribution in [3.63, 3.8) is 0 Å². The Hall–Kier alpha value is -1.96. The van der Waals surface area contributed by atoms with Crippen LogP contribution in [-0.4, -0.2) is 47.1 Å². The van der Waals surface area contributed by atoms with E-state index in [-0.39, 0.29) is 29.8 Å². The second-order valence-corrected chi connectivity index (χ2v) is 6.59. The van der Waals surface area contributed by atoms with Gasteiger partial charge in [-0.15, -0.1) is 11.8 Å². The van der Waals surface area contributed by atoms with Crippen LogP contribution in [0.4, 0.5) is 0 Å². The van der Waals surface area contributed by atoms with E-state index in [2.05, 4.69) is 5.32 Å². The lowest BCUT2D eigenvalue weighted by Gasteiger charge is -2.25. The minimum atomic E-state index is -0.723. The van der Waals surface area contributed by atoms with Crippen molar-refractivity contribution in [3.8, 4) is 0 Å². The summed E-state index contributed by atoms with van der Waals surface area (Å²) in [6.07, 6.45) is 1.52. The van der Waals surface area contributed by atoms with Gasteiger partial charge in [0.05, 0.1) is 6.26 Å². The fourth-order valence-corrected chi connectivity index (χ4v) is 3.74. The second kappa shape index (κ2) is 7.54. The number of hydrogen-bond acceptors (Lipinski definition) is 6. The topological polar surface area (TPSA) is 88.8 Å². The van der Waals surface area contributed by atoms with Crippen LogP contribution in [0.3, 0.4) is 0 Å². The molecule has 0 aromatic carbocycles. The molecule has 0 radical (unpaired) electrons. The lowest BCUT2D eigenvalue weighted by molar-refractivity contribution is -0.156. The molecule has 0 bridgehead atoms. The molecule has 1 aromatic heterocycles. The van der Waals surface area contributed by atoms with Crippen LogP contribution < -0.4 is 5.32 Å². The number of amides is 2. The van der Waals surface area contributed by atoms with E-state index < -0.39 is 12.0 Å². The zero-order valence-electron chi connectivity index (χ0n) is 13.3. The van der Waals surface area contributed by atoms with Gasteiger partial charge in [0.2, 0.25) is 5.91 Å². The number of hydrogen-bond donors (Lipinski definition) is 1. The molecular formula is C15H20N2O5S. The first kappa shape index (κ1) is 17.4. The number of carbonyl (C=O) groups is 3. The zero-order valence-corrected chi connectivity index (χ0v) is 14.1. The van der Waals surface area contributed by atoms with E-state index in [4.69, 9.17) is 9.15 Å². The molecule has 0 spiro atoms. The number of rotatable bonds is 5. The number of ether oxygens (including phenoxy) is 1. The molecule has 7 nitrogen and oxygen atoms in total. The molecule has 1 aliphatic heterocycles. The summed E-state index contributed by atoms with van der Waals surface area (Å²) in [5, 5.41) is 2.28. The highest BCUT2D eigenvalue weighted by Crippen LogP contribution is 2.41. The van der Waals surface area contributed by atoms with Crippen LogP contribution in [-0.2, 0) is 19.1 Å². The predicted molar refractivity (Wildman–Crippen MR) is 84.5 cm³/mol. The Morgan fingerprint density at radius 3 is 2.78 bits per heavy atom. The number of carbonyl (C=O) groups excluding carboxylic acids is 3. The Morgan fingerprint density at radius 1 is 1.48 bits per heavy atom. The van der Waals surface area contributed by atoms with Gasteiger partial charge in [-0.1, -0.05) is 0 Å². The number of furan rings is 1. The third kappa shape index (κ3) is 4.28. The maximum atomic E-state index is 12.2. The Kier molecular flexibility index (Phi) is 5.70. The summed E-state index contributed by atoms with van der Waals surface area (Å²) in [5.74, 6) is -0.185. The van der Waals surface area contributed by atoms with Gasteiger partial charge >= 0.3 is 5.97 Å². The lowest BCUT2D eigenvalue weighted by Crippen LogP contribution is -2.44. The van der Waals surface area contributed by atoms with Crippen molar-refractivity contribution in [2.24, 2.45) is 0 Å². The van der Waals surface area contributed by atoms with Crippen LogP contribution in [0.25, 0.3) is 0 Å². The molecule has 23 heavy (non-hydrogen) atoms. The van der Waals surface area contributed by atoms with Crippen LogP contribution in [0.15, 0.2) is 22.8 Å². The van der Waals surface area contributed by atoms with Gasteiger partial charge in [0, 0.05) is 18.7 Å². The predicted octanol–water partition coefficient (Wildman–Crippen LogP) is 1.31. The van der Waals surface area contributed by atoms with Gasteiger partial charge < -0.3 is 19.4 Å². The minimum absolute atomic E-state index is 0.0275. The first-order chi connectivity index (χ1) is 10.9. The van der Waals surface area contributed by atoms with Gasteiger partial charge in [-0.3, -0.25) is 9.59 Å². The molecule has 1 aromatic rings. The third-order valence-corrected chi connectivity index (χ3v) is 4.50. The molecule has 2 atom stereocenters. The Morgan fingerprint density at radius 2 is 2.22 bits per heavy atom. The van der Waals surface area contributed by atoms with E-state index in [1.165, 1.54) is 29.8 Å². The number of esters is 1. The van der Waals surface area contributed by atoms with Gasteiger partial charge in [0.1, 0.15) is 17.2 Å². The van der Waals surface area contributed by atoms with Crippen LogP contribution in [0.5, 0.6) is 0 Å². The standard InChI is InChI=1S/C15H20N2O5S/c1-9(2)16-13(19)7-22-15(20)11-8-23-14(17(11)10(3)18)12-5-4-6-21-12/h4-6,9,11,14H,7-8H2,1-3H3,(H,16,19)/t11-,14+/m0/s1. The molecule has 8 heteroatoms. The first-order valence-electron chi connectivity index (χ1n) is 7.30. The van der Waals surface area contributed by atoms with Crippen LogP contribution in [0, 0.1) is 0 Å². The molecule has 2 rings (SSSR count). The molecule has 1 N–H and O–H groups in total. The highest BCUT2D eigenvalue weighted by atomic mass is 32.2. The monoisotopic (exact) mass is 340 g/mol. The maximum Gasteiger partial charge on any atom is 0.330 e. The smallest absolute Gasteiger partial charge is 0.330 e. The van der Waals surface area contributed by atoms with Gasteiger partial charge in [-0.05, 0) is 26.0 Å². The Balaban J connectivity index is 1.99. The summed E-state index contributed by atoms with van der Waals surface area (Å²) in [7, 11) is 0. The van der Waals surface area contributed by atoms with Crippen LogP contribution >= 0.6 is 11.8 Å². The summed E-state index contributed by atoms with van der Waals surface area (Å²) >= 11 is 1.43. The average Bonchev–Trinajstić information content (AvgIpc) is 3.11. The highest BCUT2D eigenvalue weighted by Gasteiger charge is 2.43.